The summed E-state index contributed by atoms with van der Waals surface area (Å²) in [6.45, 7) is 4.17. The number of benzene rings is 1. The van der Waals surface area contributed by atoms with Crippen molar-refractivity contribution in [1.29, 1.82) is 0 Å². The number of piperidine rings is 1. The average molecular weight is 370 g/mol. The van der Waals surface area contributed by atoms with Crippen LogP contribution in [0.2, 0.25) is 0 Å². The van der Waals surface area contributed by atoms with Crippen LogP contribution in [0, 0.1) is 0 Å². The summed E-state index contributed by atoms with van der Waals surface area (Å²) in [7, 11) is 4.20. The first-order valence-electron chi connectivity index (χ1n) is 9.86. The van der Waals surface area contributed by atoms with E-state index in [-0.39, 0.29) is 6.03 Å². The summed E-state index contributed by atoms with van der Waals surface area (Å²) >= 11 is 0. The molecule has 2 heterocycles. The van der Waals surface area contributed by atoms with Gasteiger partial charge in [-0.05, 0) is 45.5 Å². The summed E-state index contributed by atoms with van der Waals surface area (Å²) in [4.78, 5) is 21.4. The van der Waals surface area contributed by atoms with E-state index in [0.717, 1.165) is 56.8 Å². The SMILES string of the molecule is CN(C)CCCn1ccnc1C1CCCN(C(=O)NCc2ccccc2)C1. The number of nitrogens with one attached hydrogen (secondary N) is 1. The quantitative estimate of drug-likeness (QED) is 0.816. The molecule has 6 heteroatoms. The van der Waals surface area contributed by atoms with E-state index in [4.69, 9.17) is 0 Å². The lowest BCUT2D eigenvalue weighted by atomic mass is 9.97. The molecule has 2 amide bonds. The van der Waals surface area contributed by atoms with Gasteiger partial charge in [-0.3, -0.25) is 0 Å². The van der Waals surface area contributed by atoms with Crippen molar-refractivity contribution in [3.63, 3.8) is 0 Å². The molecule has 0 spiro atoms. The number of aryl methyl sites for hydroxylation is 1. The number of carbonyl (C=O) groups excluding carboxylic acids is 1. The van der Waals surface area contributed by atoms with Crippen LogP contribution in [-0.2, 0) is 13.1 Å². The Morgan fingerprint density at radius 2 is 2.11 bits per heavy atom. The highest BCUT2D eigenvalue weighted by molar-refractivity contribution is 5.74. The standard InChI is InChI=1S/C21H31N5O/c1-24(2)12-7-14-25-15-11-22-20(25)19-10-6-13-26(17-19)21(27)23-16-18-8-4-3-5-9-18/h3-5,8-9,11,15,19H,6-7,10,12-14,16-17H2,1-2H3,(H,23,27). The first kappa shape index (κ1) is 19.4. The number of likely N-dealkylation sites (tertiary alicyclic amines) is 1. The number of rotatable bonds is 7. The molecule has 1 atom stereocenters. The highest BCUT2D eigenvalue weighted by atomic mass is 16.2. The fraction of sp³-hybridized carbons (Fsp3) is 0.524. The van der Waals surface area contributed by atoms with Crippen molar-refractivity contribution < 1.29 is 4.79 Å². The van der Waals surface area contributed by atoms with E-state index in [1.807, 2.05) is 41.4 Å². The Morgan fingerprint density at radius 3 is 2.89 bits per heavy atom. The fourth-order valence-electron chi connectivity index (χ4n) is 3.68. The van der Waals surface area contributed by atoms with Crippen molar-refractivity contribution in [2.45, 2.75) is 38.3 Å². The van der Waals surface area contributed by atoms with Crippen molar-refractivity contribution in [3.8, 4) is 0 Å². The van der Waals surface area contributed by atoms with Gasteiger partial charge in [-0.1, -0.05) is 30.3 Å². The Balaban J connectivity index is 1.54. The van der Waals surface area contributed by atoms with Crippen LogP contribution in [0.5, 0.6) is 0 Å². The maximum absolute atomic E-state index is 12.6. The lowest BCUT2D eigenvalue weighted by Crippen LogP contribution is -2.45. The molecule has 1 aliphatic rings. The summed E-state index contributed by atoms with van der Waals surface area (Å²) in [5.41, 5.74) is 1.12. The Morgan fingerprint density at radius 1 is 1.30 bits per heavy atom. The predicted octanol–water partition coefficient (Wildman–Crippen LogP) is 2.92. The number of hydrogen-bond donors (Lipinski definition) is 1. The van der Waals surface area contributed by atoms with Crippen LogP contribution in [0.4, 0.5) is 4.79 Å². The van der Waals surface area contributed by atoms with E-state index in [9.17, 15) is 4.79 Å². The van der Waals surface area contributed by atoms with Gasteiger partial charge in [-0.15, -0.1) is 0 Å². The highest BCUT2D eigenvalue weighted by Crippen LogP contribution is 2.26. The summed E-state index contributed by atoms with van der Waals surface area (Å²) < 4.78 is 2.26. The van der Waals surface area contributed by atoms with Crippen LogP contribution in [-0.4, -0.2) is 59.1 Å². The van der Waals surface area contributed by atoms with Crippen LogP contribution in [0.25, 0.3) is 0 Å². The van der Waals surface area contributed by atoms with Gasteiger partial charge in [0, 0.05) is 44.5 Å². The molecule has 2 aromatic rings. The molecule has 0 aliphatic carbocycles. The molecule has 0 radical (unpaired) electrons. The third kappa shape index (κ3) is 5.57. The molecule has 1 aromatic carbocycles. The van der Waals surface area contributed by atoms with E-state index in [1.165, 1.54) is 0 Å². The highest BCUT2D eigenvalue weighted by Gasteiger charge is 2.27. The molecule has 1 N–H and O–H groups in total. The van der Waals surface area contributed by atoms with Crippen LogP contribution >= 0.6 is 0 Å². The number of hydrogen-bond acceptors (Lipinski definition) is 3. The monoisotopic (exact) mass is 369 g/mol. The Hall–Kier alpha value is -2.34. The van der Waals surface area contributed by atoms with Gasteiger partial charge in [0.05, 0.1) is 0 Å². The maximum Gasteiger partial charge on any atom is 0.317 e. The van der Waals surface area contributed by atoms with Gasteiger partial charge in [-0.25, -0.2) is 9.78 Å². The van der Waals surface area contributed by atoms with Crippen molar-refractivity contribution in [1.82, 2.24) is 24.7 Å². The molecule has 1 unspecified atom stereocenters. The molecule has 1 fully saturated rings. The number of urea groups is 1. The largest absolute Gasteiger partial charge is 0.335 e. The number of nitrogens with zero attached hydrogens (tertiary/aromatic N) is 4. The van der Waals surface area contributed by atoms with Crippen molar-refractivity contribution in [2.24, 2.45) is 0 Å². The molecule has 6 nitrogen and oxygen atoms in total. The predicted molar refractivity (Wildman–Crippen MR) is 108 cm³/mol. The van der Waals surface area contributed by atoms with Crippen molar-refractivity contribution in [2.75, 3.05) is 33.7 Å². The number of carbonyl (C=O) groups is 1. The molecule has 1 saturated heterocycles. The van der Waals surface area contributed by atoms with Gasteiger partial charge < -0.3 is 19.7 Å². The maximum atomic E-state index is 12.6. The fourth-order valence-corrected chi connectivity index (χ4v) is 3.68. The summed E-state index contributed by atoms with van der Waals surface area (Å²) in [6, 6.07) is 10.1. The number of aromatic nitrogens is 2. The lowest BCUT2D eigenvalue weighted by Gasteiger charge is -2.32. The molecule has 146 valence electrons. The zero-order chi connectivity index (χ0) is 19.1. The summed E-state index contributed by atoms with van der Waals surface area (Å²) in [6.07, 6.45) is 7.17. The summed E-state index contributed by atoms with van der Waals surface area (Å²) in [5.74, 6) is 1.44. The normalized spacial score (nSPS) is 17.3. The second kappa shape index (κ2) is 9.55. The van der Waals surface area contributed by atoms with E-state index < -0.39 is 0 Å². The van der Waals surface area contributed by atoms with Crippen molar-refractivity contribution >= 4 is 6.03 Å². The number of imidazole rings is 1. The molecule has 0 saturated carbocycles. The van der Waals surface area contributed by atoms with E-state index in [2.05, 4.69) is 40.1 Å². The number of amides is 2. The molecular formula is C21H31N5O. The first-order chi connectivity index (χ1) is 13.1. The Labute approximate surface area is 162 Å². The van der Waals surface area contributed by atoms with E-state index in [0.29, 0.717) is 12.5 Å². The van der Waals surface area contributed by atoms with Gasteiger partial charge in [0.1, 0.15) is 5.82 Å². The van der Waals surface area contributed by atoms with Crippen molar-refractivity contribution in [3.05, 3.63) is 54.1 Å². The minimum absolute atomic E-state index is 0.0225. The minimum atomic E-state index is 0.0225. The second-order valence-corrected chi connectivity index (χ2v) is 7.57. The Kier molecular flexibility index (Phi) is 6.87. The Bertz CT molecular complexity index is 712. The van der Waals surface area contributed by atoms with Gasteiger partial charge in [0.25, 0.3) is 0 Å². The van der Waals surface area contributed by atoms with Gasteiger partial charge in [-0.2, -0.15) is 0 Å². The minimum Gasteiger partial charge on any atom is -0.335 e. The van der Waals surface area contributed by atoms with Crippen LogP contribution in [0.15, 0.2) is 42.7 Å². The average Bonchev–Trinajstić information content (AvgIpc) is 3.15. The third-order valence-corrected chi connectivity index (χ3v) is 5.11. The lowest BCUT2D eigenvalue weighted by molar-refractivity contribution is 0.177. The smallest absolute Gasteiger partial charge is 0.317 e. The molecule has 27 heavy (non-hydrogen) atoms. The molecule has 0 bridgehead atoms. The molecule has 1 aliphatic heterocycles. The second-order valence-electron chi connectivity index (χ2n) is 7.57. The van der Waals surface area contributed by atoms with Crippen LogP contribution < -0.4 is 5.32 Å². The summed E-state index contributed by atoms with van der Waals surface area (Å²) in [5, 5.41) is 3.05. The molecular weight excluding hydrogens is 338 g/mol. The zero-order valence-corrected chi connectivity index (χ0v) is 16.5. The first-order valence-corrected chi connectivity index (χ1v) is 9.86. The zero-order valence-electron chi connectivity index (χ0n) is 16.5. The van der Waals surface area contributed by atoms with Gasteiger partial charge in [0.2, 0.25) is 0 Å². The van der Waals surface area contributed by atoms with Gasteiger partial charge in [0.15, 0.2) is 0 Å². The van der Waals surface area contributed by atoms with Crippen LogP contribution in [0.3, 0.4) is 0 Å². The third-order valence-electron chi connectivity index (χ3n) is 5.11. The van der Waals surface area contributed by atoms with Crippen LogP contribution in [0.1, 0.15) is 36.6 Å². The topological polar surface area (TPSA) is 53.4 Å². The molecule has 1 aromatic heterocycles. The van der Waals surface area contributed by atoms with Gasteiger partial charge >= 0.3 is 6.03 Å². The molecule has 3 rings (SSSR count). The van der Waals surface area contributed by atoms with E-state index >= 15 is 0 Å². The van der Waals surface area contributed by atoms with E-state index in [1.54, 1.807) is 0 Å².